The molecule has 0 fully saturated rings. The van der Waals surface area contributed by atoms with Gasteiger partial charge in [-0.25, -0.2) is 0 Å². The number of carbonyl (C=O) groups is 3. The van der Waals surface area contributed by atoms with Gasteiger partial charge in [-0.3, -0.25) is 30.3 Å². The van der Waals surface area contributed by atoms with Gasteiger partial charge in [-0.2, -0.15) is 5.10 Å². The molecule has 0 saturated heterocycles. The highest BCUT2D eigenvalue weighted by atomic mass is 32.1. The lowest BCUT2D eigenvalue weighted by molar-refractivity contribution is -0.116. The van der Waals surface area contributed by atoms with E-state index in [2.05, 4.69) is 32.4 Å². The average Bonchev–Trinajstić information content (AvgIpc) is 3.56. The van der Waals surface area contributed by atoms with Gasteiger partial charge in [0.25, 0.3) is 11.8 Å². The van der Waals surface area contributed by atoms with Crippen molar-refractivity contribution in [1.29, 1.82) is 0 Å². The minimum atomic E-state index is -0.529. The van der Waals surface area contributed by atoms with Gasteiger partial charge < -0.3 is 5.32 Å². The van der Waals surface area contributed by atoms with E-state index < -0.39 is 11.8 Å². The Bertz CT molecular complexity index is 1270. The van der Waals surface area contributed by atoms with Gasteiger partial charge in [0.05, 0.1) is 5.69 Å². The number of hydrogen-bond donors (Lipinski definition) is 4. The fourth-order valence-corrected chi connectivity index (χ4v) is 4.04. The predicted molar refractivity (Wildman–Crippen MR) is 131 cm³/mol. The van der Waals surface area contributed by atoms with Crippen LogP contribution < -0.4 is 16.2 Å². The molecule has 0 aliphatic heterocycles. The molecule has 0 atom stereocenters. The number of nitrogens with zero attached hydrogens (tertiary/aromatic N) is 1. The monoisotopic (exact) mass is 473 g/mol. The summed E-state index contributed by atoms with van der Waals surface area (Å²) in [6.07, 6.45) is 1.99. The molecule has 2 aromatic carbocycles. The molecule has 2 aromatic heterocycles. The van der Waals surface area contributed by atoms with Crippen molar-refractivity contribution in [3.8, 4) is 11.3 Å². The van der Waals surface area contributed by atoms with E-state index in [1.165, 1.54) is 4.88 Å². The Labute approximate surface area is 200 Å². The number of aryl methyl sites for hydroxylation is 1. The van der Waals surface area contributed by atoms with Crippen LogP contribution in [0.3, 0.4) is 0 Å². The first-order valence-electron chi connectivity index (χ1n) is 10.7. The normalized spacial score (nSPS) is 10.5. The van der Waals surface area contributed by atoms with E-state index in [0.29, 0.717) is 23.4 Å². The van der Waals surface area contributed by atoms with Gasteiger partial charge in [-0.1, -0.05) is 42.5 Å². The van der Waals surface area contributed by atoms with E-state index in [9.17, 15) is 14.4 Å². The minimum absolute atomic E-state index is 0.115. The quantitative estimate of drug-likeness (QED) is 0.287. The van der Waals surface area contributed by atoms with Crippen LogP contribution in [0.2, 0.25) is 0 Å². The molecule has 8 nitrogen and oxygen atoms in total. The maximum absolute atomic E-state index is 12.5. The number of aromatic nitrogens is 2. The first-order chi connectivity index (χ1) is 16.6. The third-order valence-electron chi connectivity index (χ3n) is 5.00. The molecule has 4 aromatic rings. The van der Waals surface area contributed by atoms with Gasteiger partial charge in [-0.15, -0.1) is 11.3 Å². The zero-order valence-corrected chi connectivity index (χ0v) is 19.0. The van der Waals surface area contributed by atoms with Crippen LogP contribution in [0.1, 0.15) is 38.6 Å². The van der Waals surface area contributed by atoms with Crippen LogP contribution in [0.4, 0.5) is 5.69 Å². The lowest BCUT2D eigenvalue weighted by Gasteiger charge is -2.09. The van der Waals surface area contributed by atoms with Crippen molar-refractivity contribution in [2.75, 3.05) is 5.32 Å². The van der Waals surface area contributed by atoms with Gasteiger partial charge in [0.1, 0.15) is 5.69 Å². The molecule has 0 saturated carbocycles. The summed E-state index contributed by atoms with van der Waals surface area (Å²) >= 11 is 1.68. The highest BCUT2D eigenvalue weighted by Crippen LogP contribution is 2.17. The van der Waals surface area contributed by atoms with Crippen LogP contribution in [-0.4, -0.2) is 27.9 Å². The topological polar surface area (TPSA) is 116 Å². The van der Waals surface area contributed by atoms with E-state index in [-0.39, 0.29) is 11.6 Å². The highest BCUT2D eigenvalue weighted by molar-refractivity contribution is 7.09. The molecule has 2 heterocycles. The maximum Gasteiger partial charge on any atom is 0.287 e. The van der Waals surface area contributed by atoms with E-state index in [4.69, 9.17) is 0 Å². The molecule has 0 spiro atoms. The summed E-state index contributed by atoms with van der Waals surface area (Å²) in [4.78, 5) is 38.3. The highest BCUT2D eigenvalue weighted by Gasteiger charge is 2.13. The number of benzene rings is 2. The van der Waals surface area contributed by atoms with Crippen molar-refractivity contribution < 1.29 is 14.4 Å². The second kappa shape index (κ2) is 11.1. The molecule has 0 aliphatic rings. The number of hydrazine groups is 1. The van der Waals surface area contributed by atoms with Crippen molar-refractivity contribution in [2.24, 2.45) is 0 Å². The predicted octanol–water partition coefficient (Wildman–Crippen LogP) is 4.17. The lowest BCUT2D eigenvalue weighted by atomic mass is 10.1. The van der Waals surface area contributed by atoms with Crippen LogP contribution in [0.5, 0.6) is 0 Å². The van der Waals surface area contributed by atoms with Crippen LogP contribution in [0, 0.1) is 0 Å². The Kier molecular flexibility index (Phi) is 7.46. The number of carbonyl (C=O) groups excluding carboxylic acids is 3. The van der Waals surface area contributed by atoms with Crippen LogP contribution >= 0.6 is 11.3 Å². The summed E-state index contributed by atoms with van der Waals surface area (Å²) in [5.74, 6) is -1.15. The second-order valence-electron chi connectivity index (χ2n) is 7.50. The van der Waals surface area contributed by atoms with Crippen LogP contribution in [0.15, 0.2) is 78.2 Å². The molecule has 4 N–H and O–H groups in total. The first-order valence-corrected chi connectivity index (χ1v) is 11.6. The molecular formula is C25H23N5O3S. The Morgan fingerprint density at radius 2 is 1.71 bits per heavy atom. The van der Waals surface area contributed by atoms with Crippen LogP contribution in [-0.2, 0) is 11.2 Å². The molecule has 0 aliphatic carbocycles. The molecule has 4 rings (SSSR count). The maximum atomic E-state index is 12.5. The molecule has 172 valence electrons. The number of nitrogens with one attached hydrogen (secondary N) is 4. The van der Waals surface area contributed by atoms with Crippen molar-refractivity contribution in [3.05, 3.63) is 94.3 Å². The lowest BCUT2D eigenvalue weighted by Crippen LogP contribution is -2.41. The summed E-state index contributed by atoms with van der Waals surface area (Å²) in [5.41, 5.74) is 7.26. The van der Waals surface area contributed by atoms with E-state index >= 15 is 0 Å². The number of thiophene rings is 1. The van der Waals surface area contributed by atoms with E-state index in [0.717, 1.165) is 18.4 Å². The largest absolute Gasteiger partial charge is 0.326 e. The molecule has 3 amide bonds. The van der Waals surface area contributed by atoms with Gasteiger partial charge in [-0.05, 0) is 48.6 Å². The fraction of sp³-hybridized carbons (Fsp3) is 0.120. The van der Waals surface area contributed by atoms with Crippen molar-refractivity contribution in [2.45, 2.75) is 19.3 Å². The molecule has 34 heavy (non-hydrogen) atoms. The number of hydrogen-bond acceptors (Lipinski definition) is 5. The van der Waals surface area contributed by atoms with Gasteiger partial charge in [0, 0.05) is 28.1 Å². The van der Waals surface area contributed by atoms with Gasteiger partial charge >= 0.3 is 0 Å². The number of aromatic amines is 1. The molecule has 0 radical (unpaired) electrons. The Balaban J connectivity index is 1.27. The number of H-pyrrole nitrogens is 1. The summed E-state index contributed by atoms with van der Waals surface area (Å²) in [7, 11) is 0. The van der Waals surface area contributed by atoms with Crippen LogP contribution in [0.25, 0.3) is 11.3 Å². The van der Waals surface area contributed by atoms with E-state index in [1.807, 2.05) is 41.8 Å². The second-order valence-corrected chi connectivity index (χ2v) is 8.54. The molecule has 0 unspecified atom stereocenters. The smallest absolute Gasteiger partial charge is 0.287 e. The summed E-state index contributed by atoms with van der Waals surface area (Å²) in [6.45, 7) is 0. The first kappa shape index (κ1) is 22.9. The Morgan fingerprint density at radius 3 is 2.50 bits per heavy atom. The molecule has 0 bridgehead atoms. The third kappa shape index (κ3) is 6.17. The minimum Gasteiger partial charge on any atom is -0.326 e. The van der Waals surface area contributed by atoms with E-state index in [1.54, 1.807) is 41.7 Å². The summed E-state index contributed by atoms with van der Waals surface area (Å²) < 4.78 is 0. The summed E-state index contributed by atoms with van der Waals surface area (Å²) in [6, 6.07) is 21.6. The Morgan fingerprint density at radius 1 is 0.882 bits per heavy atom. The Hall–Kier alpha value is -4.24. The number of rotatable bonds is 8. The zero-order valence-electron chi connectivity index (χ0n) is 18.2. The SMILES string of the molecule is O=C(CCCc1cccs1)Nc1cccc(C(=O)NNC(=O)c2cc(-c3ccccc3)n[nH]2)c1. The fourth-order valence-electron chi connectivity index (χ4n) is 3.29. The third-order valence-corrected chi connectivity index (χ3v) is 5.93. The average molecular weight is 474 g/mol. The molecule has 9 heteroatoms. The molecular weight excluding hydrogens is 450 g/mol. The number of amides is 3. The van der Waals surface area contributed by atoms with Gasteiger partial charge in [0.2, 0.25) is 5.91 Å². The van der Waals surface area contributed by atoms with Crippen molar-refractivity contribution in [3.63, 3.8) is 0 Å². The number of anilines is 1. The van der Waals surface area contributed by atoms with Gasteiger partial charge in [0.15, 0.2) is 0 Å². The zero-order chi connectivity index (χ0) is 23.8. The van der Waals surface area contributed by atoms with Crippen molar-refractivity contribution >= 4 is 34.7 Å². The summed E-state index contributed by atoms with van der Waals surface area (Å²) in [5, 5.41) is 11.6. The van der Waals surface area contributed by atoms with Crippen molar-refractivity contribution in [1.82, 2.24) is 21.0 Å². The standard InChI is InChI=1S/C25H23N5O3S/c31-23(13-5-11-20-12-6-14-34-20)26-19-10-4-9-18(15-19)24(32)29-30-25(33)22-16-21(27-28-22)17-7-2-1-3-8-17/h1-4,6-10,12,14-16H,5,11,13H2,(H,26,31)(H,27,28)(H,29,32)(H,30,33).